The van der Waals surface area contributed by atoms with Gasteiger partial charge in [-0.25, -0.2) is 13.4 Å². The minimum Gasteiger partial charge on any atom is -0.339 e. The molecule has 1 atom stereocenters. The van der Waals surface area contributed by atoms with Gasteiger partial charge in [0, 0.05) is 25.8 Å². The van der Waals surface area contributed by atoms with Crippen LogP contribution < -0.4 is 0 Å². The largest absolute Gasteiger partial charge is 0.339 e. The molecule has 1 aliphatic rings. The zero-order valence-corrected chi connectivity index (χ0v) is 13.5. The topological polar surface area (TPSA) is 55.2 Å². The van der Waals surface area contributed by atoms with Crippen molar-refractivity contribution in [1.82, 2.24) is 13.9 Å². The molecule has 0 unspecified atom stereocenters. The van der Waals surface area contributed by atoms with Crippen molar-refractivity contribution in [1.29, 1.82) is 0 Å². The normalized spacial score (nSPS) is 20.1. The number of nitrogens with zero attached hydrogens (tertiary/aromatic N) is 3. The van der Waals surface area contributed by atoms with Crippen LogP contribution in [-0.2, 0) is 23.5 Å². The Kier molecular flexibility index (Phi) is 4.31. The Morgan fingerprint density at radius 1 is 1.23 bits per heavy atom. The summed E-state index contributed by atoms with van der Waals surface area (Å²) in [6, 6.07) is 10.1. The smallest absolute Gasteiger partial charge is 0.262 e. The van der Waals surface area contributed by atoms with Gasteiger partial charge in [0.1, 0.15) is 0 Å². The van der Waals surface area contributed by atoms with E-state index in [0.29, 0.717) is 6.54 Å². The number of hydrogen-bond acceptors (Lipinski definition) is 3. The second kappa shape index (κ2) is 6.22. The molecule has 5 nitrogen and oxygen atoms in total. The lowest BCUT2D eigenvalue weighted by Gasteiger charge is -2.34. The lowest BCUT2D eigenvalue weighted by atomic mass is 9.98. The SMILES string of the molecule is Cn1cnc(S(=O)(=O)N2CCCC[C@@H]2Cc2ccccc2)c1. The van der Waals surface area contributed by atoms with Crippen LogP contribution in [0.4, 0.5) is 0 Å². The van der Waals surface area contributed by atoms with Crippen LogP contribution in [-0.4, -0.2) is 34.9 Å². The fourth-order valence-corrected chi connectivity index (χ4v) is 4.68. The van der Waals surface area contributed by atoms with Gasteiger partial charge < -0.3 is 4.57 Å². The summed E-state index contributed by atoms with van der Waals surface area (Å²) in [5, 5.41) is 0.148. The highest BCUT2D eigenvalue weighted by Crippen LogP contribution is 2.26. The summed E-state index contributed by atoms with van der Waals surface area (Å²) in [7, 11) is -1.73. The number of aryl methyl sites for hydroxylation is 1. The summed E-state index contributed by atoms with van der Waals surface area (Å²) >= 11 is 0. The molecule has 0 bridgehead atoms. The number of rotatable bonds is 4. The van der Waals surface area contributed by atoms with Crippen molar-refractivity contribution in [2.45, 2.75) is 36.8 Å². The van der Waals surface area contributed by atoms with Crippen molar-refractivity contribution in [3.05, 3.63) is 48.4 Å². The summed E-state index contributed by atoms with van der Waals surface area (Å²) in [5.41, 5.74) is 1.18. The van der Waals surface area contributed by atoms with Crippen molar-refractivity contribution in [2.24, 2.45) is 7.05 Å². The van der Waals surface area contributed by atoms with E-state index in [2.05, 4.69) is 17.1 Å². The van der Waals surface area contributed by atoms with Gasteiger partial charge in [-0.05, 0) is 24.8 Å². The fraction of sp³-hybridized carbons (Fsp3) is 0.438. The number of piperidine rings is 1. The molecule has 1 aliphatic heterocycles. The molecule has 0 radical (unpaired) electrons. The Balaban J connectivity index is 1.86. The predicted octanol–water partition coefficient (Wildman–Crippen LogP) is 2.21. The highest BCUT2D eigenvalue weighted by molar-refractivity contribution is 7.89. The van der Waals surface area contributed by atoms with Gasteiger partial charge in [-0.3, -0.25) is 0 Å². The minimum absolute atomic E-state index is 0.0168. The summed E-state index contributed by atoms with van der Waals surface area (Å²) in [5.74, 6) is 0. The Morgan fingerprint density at radius 3 is 2.68 bits per heavy atom. The third kappa shape index (κ3) is 3.08. The first-order valence-corrected chi connectivity index (χ1v) is 9.05. The van der Waals surface area contributed by atoms with E-state index < -0.39 is 10.0 Å². The van der Waals surface area contributed by atoms with Gasteiger partial charge in [-0.15, -0.1) is 0 Å². The lowest BCUT2D eigenvalue weighted by molar-refractivity contribution is 0.250. The lowest BCUT2D eigenvalue weighted by Crippen LogP contribution is -2.44. The summed E-state index contributed by atoms with van der Waals surface area (Å²) < 4.78 is 29.0. The Labute approximate surface area is 131 Å². The highest BCUT2D eigenvalue weighted by atomic mass is 32.2. The van der Waals surface area contributed by atoms with Gasteiger partial charge >= 0.3 is 0 Å². The van der Waals surface area contributed by atoms with Crippen LogP contribution in [0.15, 0.2) is 47.9 Å². The maximum atomic E-state index is 12.9. The molecule has 1 aromatic heterocycles. The molecule has 22 heavy (non-hydrogen) atoms. The molecule has 2 heterocycles. The second-order valence-corrected chi connectivity index (χ2v) is 7.67. The van der Waals surface area contributed by atoms with E-state index in [1.165, 1.54) is 11.9 Å². The van der Waals surface area contributed by atoms with Crippen LogP contribution in [0.1, 0.15) is 24.8 Å². The van der Waals surface area contributed by atoms with Gasteiger partial charge in [0.15, 0.2) is 5.03 Å². The number of benzene rings is 1. The third-order valence-electron chi connectivity index (χ3n) is 4.14. The third-order valence-corrected chi connectivity index (χ3v) is 5.98. The minimum atomic E-state index is -3.51. The number of aromatic nitrogens is 2. The molecule has 6 heteroatoms. The van der Waals surface area contributed by atoms with E-state index in [4.69, 9.17) is 0 Å². The summed E-state index contributed by atoms with van der Waals surface area (Å²) in [6.07, 6.45) is 6.75. The highest BCUT2D eigenvalue weighted by Gasteiger charge is 2.34. The molecule has 0 saturated carbocycles. The van der Waals surface area contributed by atoms with Gasteiger partial charge in [0.2, 0.25) is 0 Å². The van der Waals surface area contributed by atoms with Crippen LogP contribution >= 0.6 is 0 Å². The fourth-order valence-electron chi connectivity index (χ4n) is 3.02. The van der Waals surface area contributed by atoms with Gasteiger partial charge in [0.05, 0.1) is 6.33 Å². The monoisotopic (exact) mass is 319 g/mol. The number of hydrogen-bond donors (Lipinski definition) is 0. The quantitative estimate of drug-likeness (QED) is 0.868. The van der Waals surface area contributed by atoms with Gasteiger partial charge in [0.25, 0.3) is 10.0 Å². The number of sulfonamides is 1. The van der Waals surface area contributed by atoms with E-state index in [-0.39, 0.29) is 11.1 Å². The van der Waals surface area contributed by atoms with Crippen molar-refractivity contribution >= 4 is 10.0 Å². The molecule has 1 aromatic carbocycles. The standard InChI is InChI=1S/C16H21N3O2S/c1-18-12-16(17-13-18)22(20,21)19-10-6-5-9-15(19)11-14-7-3-2-4-8-14/h2-4,7-8,12-13,15H,5-6,9-11H2,1H3/t15-/m1/s1. The van der Waals surface area contributed by atoms with Crippen molar-refractivity contribution in [2.75, 3.05) is 6.54 Å². The van der Waals surface area contributed by atoms with Crippen molar-refractivity contribution in [3.8, 4) is 0 Å². The first kappa shape index (κ1) is 15.2. The molecule has 118 valence electrons. The maximum Gasteiger partial charge on any atom is 0.262 e. The van der Waals surface area contributed by atoms with Gasteiger partial charge in [-0.1, -0.05) is 36.8 Å². The molecule has 3 rings (SSSR count). The van der Waals surface area contributed by atoms with Crippen molar-refractivity contribution in [3.63, 3.8) is 0 Å². The first-order valence-electron chi connectivity index (χ1n) is 7.61. The van der Waals surface area contributed by atoms with E-state index >= 15 is 0 Å². The van der Waals surface area contributed by atoms with Crippen molar-refractivity contribution < 1.29 is 8.42 Å². The first-order chi connectivity index (χ1) is 10.6. The molecule has 0 aliphatic carbocycles. The summed E-state index contributed by atoms with van der Waals surface area (Å²) in [4.78, 5) is 4.04. The maximum absolute atomic E-state index is 12.9. The average Bonchev–Trinajstić information content (AvgIpc) is 2.96. The number of imidazole rings is 1. The zero-order chi connectivity index (χ0) is 15.6. The van der Waals surface area contributed by atoms with Crippen LogP contribution in [0.2, 0.25) is 0 Å². The molecule has 0 N–H and O–H groups in total. The van der Waals surface area contributed by atoms with Crippen LogP contribution in [0, 0.1) is 0 Å². The van der Waals surface area contributed by atoms with Crippen LogP contribution in [0.5, 0.6) is 0 Å². The Bertz CT molecular complexity index is 725. The molecular weight excluding hydrogens is 298 g/mol. The van der Waals surface area contributed by atoms with Crippen LogP contribution in [0.3, 0.4) is 0 Å². The van der Waals surface area contributed by atoms with E-state index in [9.17, 15) is 8.42 Å². The predicted molar refractivity (Wildman–Crippen MR) is 84.9 cm³/mol. The van der Waals surface area contributed by atoms with E-state index in [0.717, 1.165) is 25.7 Å². The van der Waals surface area contributed by atoms with E-state index in [1.807, 2.05) is 18.2 Å². The Morgan fingerprint density at radius 2 is 2.00 bits per heavy atom. The molecule has 1 saturated heterocycles. The average molecular weight is 319 g/mol. The zero-order valence-electron chi connectivity index (χ0n) is 12.7. The molecule has 2 aromatic rings. The van der Waals surface area contributed by atoms with Gasteiger partial charge in [-0.2, -0.15) is 4.31 Å². The second-order valence-electron chi connectivity index (χ2n) is 5.83. The van der Waals surface area contributed by atoms with E-state index in [1.54, 1.807) is 22.1 Å². The Hall–Kier alpha value is -1.66. The molecular formula is C16H21N3O2S. The molecule has 0 spiro atoms. The molecule has 0 amide bonds. The molecule has 1 fully saturated rings. The summed E-state index contributed by atoms with van der Waals surface area (Å²) in [6.45, 7) is 0.580. The van der Waals surface area contributed by atoms with Crippen LogP contribution in [0.25, 0.3) is 0 Å².